The molecule has 0 bridgehead atoms. The second-order valence-corrected chi connectivity index (χ2v) is 52.7. The molecule has 16 heterocycles. The number of hydrogen-bond acceptors (Lipinski definition) is 54. The molecular formula is C72H89N21O37P7S7-7. The lowest BCUT2D eigenvalue weighted by molar-refractivity contribution is -0.221. The Balaban J connectivity index is 0.610. The van der Waals surface area contributed by atoms with Gasteiger partial charge in [0, 0.05) is 111 Å². The van der Waals surface area contributed by atoms with Crippen LogP contribution in [-0.4, -0.2) is 219 Å². The van der Waals surface area contributed by atoms with E-state index in [9.17, 15) is 72.2 Å². The molecule has 0 amide bonds. The molecule has 7 aliphatic rings. The van der Waals surface area contributed by atoms with Crippen molar-refractivity contribution in [2.24, 2.45) is 0 Å². The molecule has 9 aromatic rings. The van der Waals surface area contributed by atoms with Gasteiger partial charge in [-0.05, 0) is 41.0 Å². The molecule has 0 radical (unpaired) electrons. The van der Waals surface area contributed by atoms with Crippen LogP contribution in [0, 0.1) is 34.6 Å². The monoisotopic (exact) mass is 2280 g/mol. The second-order valence-electron chi connectivity index (χ2n) is 33.6. The summed E-state index contributed by atoms with van der Waals surface area (Å²) in [6, 6.07) is 0. The summed E-state index contributed by atoms with van der Waals surface area (Å²) in [5.41, 5.74) is 11.8. The highest BCUT2D eigenvalue weighted by Crippen LogP contribution is 2.57. The molecule has 9 aromatic heterocycles. The number of imidazole rings is 2. The first-order chi connectivity index (χ1) is 67.8. The van der Waals surface area contributed by atoms with E-state index in [4.69, 9.17) is 197 Å². The molecule has 0 saturated carbocycles. The number of aromatic nitrogens is 18. The molecule has 72 heteroatoms. The second kappa shape index (κ2) is 44.4. The molecule has 16 rings (SSSR count). The van der Waals surface area contributed by atoms with Crippen LogP contribution in [0.2, 0.25) is 0 Å². The summed E-state index contributed by atoms with van der Waals surface area (Å²) >= 11 is 37.9. The summed E-state index contributed by atoms with van der Waals surface area (Å²) in [5, 5.41) is 0. The standard InChI is InChI=1S/C72H96N21O37P7S7/c1-8-36-37(9-50(117-36)87-16-31(2)59(73)82-68(87)98)125-132(104,139)111-22-45-39(11-52(119-45)89-18-33(4)65(95)84-70(89)100)127-134(106,141)113-23-46-41(13-54(120-46)91-20-35(6)67(97)86-72(91)102)128-135(107,142)115-25-48-43(15-56(122-48)93-30-81-58-61(75)77-28-79-63(58)93)130-137(109,144)116-26-49-42(14-55(123-49)92-29-80-57-60(74)76-27-78-62(57)92)129-136(108,143)114-24-47-40(12-53(121-47)90-19-34(5)66(96)85-71(90)101)126-133(105,140)112-21-44-38(124-131(103,138)110-7)10-51(118-44)88-17-32(3)64(94)83-69(88)99/h16-20,27-30,36-56H,8-15,21-26H2,1-7H3,(H,103,138)(H,104,139)(H,105,140)(H,106,141)(H,107,142)(H,108,143)(H,109,144)(H2,73,82,98)(H2,74,76,78)(H2,75,77,79)(H,83,94,99)(H,84,95,100)(H,85,96,101)(H,86,97,102)/p-7/t36-,37-,38-,39-,40-,41-,42-,43-,44-,45-,46-,47-,48-,49-,50-,51-,52-,53-,54-,55-,56-,131?,132?,133?,134?,135?,136?,137?/m1/s1. The van der Waals surface area contributed by atoms with Gasteiger partial charge in [0.15, 0.2) is 29.7 Å². The Hall–Kier alpha value is -6.50. The van der Waals surface area contributed by atoms with E-state index in [2.05, 4.69) is 54.8 Å². The minimum absolute atomic E-state index is 0.000159. The van der Waals surface area contributed by atoms with Crippen molar-refractivity contribution in [2.45, 2.75) is 222 Å². The van der Waals surface area contributed by atoms with Crippen molar-refractivity contribution in [2.75, 3.05) is 64.0 Å². The minimum Gasteiger partial charge on any atom is -0.780 e. The highest BCUT2D eigenvalue weighted by Gasteiger charge is 2.49. The number of rotatable bonds is 41. The number of nitrogen functional groups attached to an aromatic ring is 3. The predicted octanol–water partition coefficient (Wildman–Crippen LogP) is -2.56. The van der Waals surface area contributed by atoms with Gasteiger partial charge >= 0.3 is 28.4 Å². The number of fused-ring (bicyclic) bond motifs is 2. The number of aryl methyl sites for hydroxylation is 5. The first-order valence-corrected chi connectivity index (χ1v) is 61.1. The van der Waals surface area contributed by atoms with Gasteiger partial charge in [-0.1, -0.05) is 77.8 Å². The zero-order chi connectivity index (χ0) is 104. The van der Waals surface area contributed by atoms with Crippen LogP contribution >= 0.6 is 47.1 Å². The fourth-order valence-corrected chi connectivity index (χ4v) is 26.4. The number of nitrogens with one attached hydrogen (secondary N) is 4. The first kappa shape index (κ1) is 110. The number of anilines is 3. The summed E-state index contributed by atoms with van der Waals surface area (Å²) in [6.45, 7) is -29.8. The van der Waals surface area contributed by atoms with E-state index in [1.165, 1.54) is 72.6 Å². The van der Waals surface area contributed by atoms with Crippen LogP contribution in [0.25, 0.3) is 22.3 Å². The first-order valence-electron chi connectivity index (χ1n) is 43.2. The van der Waals surface area contributed by atoms with E-state index < -0.39 is 286 Å². The molecule has 144 heavy (non-hydrogen) atoms. The molecule has 7 saturated heterocycles. The van der Waals surface area contributed by atoms with E-state index >= 15 is 4.89 Å². The van der Waals surface area contributed by atoms with Crippen LogP contribution < -0.4 is 97.2 Å². The topological polar surface area (TPSA) is 769 Å². The van der Waals surface area contributed by atoms with Gasteiger partial charge in [0.25, 0.3) is 22.2 Å². The van der Waals surface area contributed by atoms with Crippen molar-refractivity contribution in [1.29, 1.82) is 0 Å². The Morgan fingerprint density at radius 2 is 0.611 bits per heavy atom. The Labute approximate surface area is 845 Å². The SMILES string of the molecule is CC[C@H]1O[C@@H](n2cc(C)c(N)nc2=O)C[C@H]1OP([O-])(=S)OC[C@H]1O[C@@H](n2cc(C)c(=O)[nH]c2=O)C[C@H]1OP(=O)([S-])OC[C@H]1O[C@@H](n2cc(C)c(=O)[nH]c2=O)C[C@H]1OP([O-])(=S)OC[C@H]1O[C@@H](n2cnc3c(N)ncnc32)C[C@H]1OP([O-])(=S)OC[C@H]1O[C@@H](n2cnc3c(N)ncnc32)C[C@H]1OP([O-])(=S)OC[C@H]1O[C@@H](n2cc(C)c(=O)[nH]c2=O)C[C@H]1OP([O-])(=S)OC[C@H]1O[C@@H](n2cc(C)c(=O)[nH]c2=O)C[C@H]1OP([O-])(=S)OC. The number of nitrogens with zero attached hydrogens (tertiary/aromatic N) is 14. The van der Waals surface area contributed by atoms with Crippen molar-refractivity contribution >= 4 is 170 Å². The summed E-state index contributed by atoms with van der Waals surface area (Å²) in [7, 11) is 1.02. The fraction of sp³-hybridized carbons (Fsp3) is 0.583. The lowest BCUT2D eigenvalue weighted by Crippen LogP contribution is -2.34. The molecule has 58 nitrogen and oxygen atoms in total. The molecule has 7 fully saturated rings. The summed E-state index contributed by atoms with van der Waals surface area (Å²) in [5.74, 6) is -0.0963. The van der Waals surface area contributed by atoms with Crippen LogP contribution in [0.15, 0.2) is 99.4 Å². The van der Waals surface area contributed by atoms with E-state index in [-0.39, 0.29) is 94.1 Å². The van der Waals surface area contributed by atoms with Crippen LogP contribution in [0.5, 0.6) is 0 Å². The van der Waals surface area contributed by atoms with Gasteiger partial charge < -0.3 is 155 Å². The quantitative estimate of drug-likeness (QED) is 0.0153. The van der Waals surface area contributed by atoms with Crippen molar-refractivity contribution in [3.8, 4) is 0 Å². The van der Waals surface area contributed by atoms with Crippen molar-refractivity contribution < 1.29 is 130 Å². The molecule has 28 atom stereocenters. The average Bonchev–Trinajstić information content (AvgIpc) is 1.63. The zero-order valence-corrected chi connectivity index (χ0v) is 87.8. The van der Waals surface area contributed by atoms with E-state index in [0.717, 1.165) is 50.4 Å². The van der Waals surface area contributed by atoms with Crippen LogP contribution in [-0.2, 0) is 184 Å². The third-order valence-corrected chi connectivity index (χ3v) is 34.9. The number of nitrogens with two attached hydrogens (primary N) is 3. The maximum Gasteiger partial charge on any atom is 0.351 e. The molecular weight excluding hydrogens is 2190 g/mol. The minimum atomic E-state index is -5.03. The molecule has 7 unspecified atom stereocenters. The molecule has 0 spiro atoms. The fourth-order valence-electron chi connectivity index (χ4n) is 16.7. The third-order valence-electron chi connectivity index (χ3n) is 23.8. The lowest BCUT2D eigenvalue weighted by Gasteiger charge is -2.36. The van der Waals surface area contributed by atoms with Crippen molar-refractivity contribution in [1.82, 2.24) is 86.8 Å². The Morgan fingerprint density at radius 1 is 0.361 bits per heavy atom. The van der Waals surface area contributed by atoms with Crippen molar-refractivity contribution in [3.05, 3.63) is 178 Å². The maximum absolute atomic E-state index is 15.1. The van der Waals surface area contributed by atoms with Crippen LogP contribution in [0.3, 0.4) is 0 Å². The van der Waals surface area contributed by atoms with Crippen molar-refractivity contribution in [3.63, 3.8) is 0 Å². The Morgan fingerprint density at radius 3 is 0.903 bits per heavy atom. The molecule has 0 aromatic carbocycles. The zero-order valence-electron chi connectivity index (χ0n) is 75.8. The number of H-pyrrole nitrogens is 4. The number of hydrogen-bond donors (Lipinski definition) is 7. The molecule has 788 valence electrons. The highest BCUT2D eigenvalue weighted by molar-refractivity contribution is 8.32. The average molecular weight is 2280 g/mol. The smallest absolute Gasteiger partial charge is 0.351 e. The van der Waals surface area contributed by atoms with Gasteiger partial charge in [-0.25, -0.2) is 53.9 Å². The molecule has 10 N–H and O–H groups in total. The Bertz CT molecular complexity index is 7250. The van der Waals surface area contributed by atoms with Gasteiger partial charge in [0.2, 0.25) is 0 Å². The van der Waals surface area contributed by atoms with E-state index in [0.29, 0.717) is 5.56 Å². The Kier molecular flexibility index (Phi) is 34.0. The van der Waals surface area contributed by atoms with Gasteiger partial charge in [-0.3, -0.25) is 75.6 Å². The van der Waals surface area contributed by atoms with Gasteiger partial charge in [0.1, 0.15) is 150 Å². The lowest BCUT2D eigenvalue weighted by atomic mass is 10.1. The van der Waals surface area contributed by atoms with Gasteiger partial charge in [0.05, 0.1) is 101 Å². The highest BCUT2D eigenvalue weighted by atomic mass is 32.7. The van der Waals surface area contributed by atoms with Gasteiger partial charge in [-0.2, -0.15) is 4.98 Å². The number of ether oxygens (including phenoxy) is 7. The summed E-state index contributed by atoms with van der Waals surface area (Å²) in [4.78, 5) is 241. The molecule has 0 aliphatic carbocycles. The van der Waals surface area contributed by atoms with E-state index in [1.807, 2.05) is 0 Å². The maximum atomic E-state index is 15.1. The number of aromatic amines is 4. The third kappa shape index (κ3) is 25.9. The van der Waals surface area contributed by atoms with Gasteiger partial charge in [-0.15, -0.1) is 0 Å². The largest absolute Gasteiger partial charge is 0.780 e. The predicted molar refractivity (Wildman–Crippen MR) is 509 cm³/mol. The van der Waals surface area contributed by atoms with E-state index in [1.54, 1.807) is 13.8 Å². The summed E-state index contributed by atoms with van der Waals surface area (Å²) in [6.07, 6.45) is -19.8. The summed E-state index contributed by atoms with van der Waals surface area (Å²) < 4.78 is 148. The van der Waals surface area contributed by atoms with Crippen LogP contribution in [0.4, 0.5) is 17.5 Å². The van der Waals surface area contributed by atoms with Crippen LogP contribution in [0.1, 0.15) is 130 Å². The molecule has 7 aliphatic heterocycles. The normalized spacial score (nSPS) is 29.7.